The Labute approximate surface area is 244 Å². The van der Waals surface area contributed by atoms with Crippen molar-refractivity contribution in [2.24, 2.45) is 0 Å². The van der Waals surface area contributed by atoms with Gasteiger partial charge in [-0.2, -0.15) is 18.4 Å². The molecule has 0 saturated heterocycles. The molecule has 1 aliphatic heterocycles. The van der Waals surface area contributed by atoms with Gasteiger partial charge in [0, 0.05) is 29.5 Å². The molecule has 4 N–H and O–H groups in total. The van der Waals surface area contributed by atoms with E-state index in [1.54, 1.807) is 30.3 Å². The van der Waals surface area contributed by atoms with Crippen LogP contribution in [-0.4, -0.2) is 22.2 Å². The van der Waals surface area contributed by atoms with Crippen LogP contribution in [0, 0.1) is 17.1 Å². The molecule has 4 aromatic rings. The molecule has 3 aromatic carbocycles. The maximum Gasteiger partial charge on any atom is 0.412 e. The summed E-state index contributed by atoms with van der Waals surface area (Å²) in [6.45, 7) is 3.99. The number of alkyl halides is 3. The molecule has 0 saturated carbocycles. The molecular formula is C30H26ClF4N7. The normalized spacial score (nSPS) is 14.7. The molecule has 1 aliphatic rings. The Bertz CT molecular complexity index is 1650. The molecule has 0 spiro atoms. The summed E-state index contributed by atoms with van der Waals surface area (Å²) in [7, 11) is 0. The smallest absolute Gasteiger partial charge is 0.373 e. The highest BCUT2D eigenvalue weighted by Crippen LogP contribution is 2.41. The summed E-state index contributed by atoms with van der Waals surface area (Å²) in [4.78, 5) is 4.26. The average Bonchev–Trinajstić information content (AvgIpc) is 3.45. The number of fused-ring (bicyclic) bond motifs is 1. The Balaban J connectivity index is 1.61. The Kier molecular flexibility index (Phi) is 8.11. The van der Waals surface area contributed by atoms with Crippen molar-refractivity contribution >= 4 is 33.9 Å². The van der Waals surface area contributed by atoms with Gasteiger partial charge in [0.25, 0.3) is 0 Å². The Hall–Kier alpha value is -4.53. The second-order valence-corrected chi connectivity index (χ2v) is 10.4. The number of halogens is 5. The quantitative estimate of drug-likeness (QED) is 0.159. The van der Waals surface area contributed by atoms with E-state index in [1.807, 2.05) is 31.1 Å². The van der Waals surface area contributed by atoms with Crippen molar-refractivity contribution in [3.8, 4) is 6.07 Å². The molecule has 0 unspecified atom stereocenters. The standard InChI is InChI=1S/C30H26ClF4N7/c1-17(2)42-16-25(40-41-42)27(18-8-10-21(32)11-9-18)38-22-12-23-26(20(14-36)15-37-28(23)24(31)13-22)39-29(30(33,34)35)19-6-4-3-5-7-19/h3-13,15-17,27,29,38,40-41H,1-2H3,(H,37,39)/t27-,29-/m0/s1. The number of nitrogens with zero attached hydrogens (tertiary/aromatic N) is 3. The SMILES string of the molecule is CC(C)N1C=C([C@@H](Nc2cc(Cl)c3ncc(C#N)c(N[C@@H](c4ccccc4)C(F)(F)F)c3c2)c2ccc(F)cc2)NN1. The van der Waals surface area contributed by atoms with E-state index in [2.05, 4.69) is 26.6 Å². The molecule has 42 heavy (non-hydrogen) atoms. The zero-order valence-corrected chi connectivity index (χ0v) is 23.2. The second kappa shape index (κ2) is 11.8. The van der Waals surface area contributed by atoms with Crippen molar-refractivity contribution in [2.45, 2.75) is 38.1 Å². The highest BCUT2D eigenvalue weighted by molar-refractivity contribution is 6.35. The van der Waals surface area contributed by atoms with Crippen molar-refractivity contribution in [1.29, 1.82) is 5.26 Å². The number of nitriles is 1. The molecule has 0 amide bonds. The predicted octanol–water partition coefficient (Wildman–Crippen LogP) is 7.34. The zero-order chi connectivity index (χ0) is 30.0. The first-order valence-corrected chi connectivity index (χ1v) is 13.4. The summed E-state index contributed by atoms with van der Waals surface area (Å²) < 4.78 is 56.6. The average molecular weight is 596 g/mol. The summed E-state index contributed by atoms with van der Waals surface area (Å²) in [6.07, 6.45) is -1.61. The number of hydrogen-bond donors (Lipinski definition) is 4. The molecule has 0 aliphatic carbocycles. The van der Waals surface area contributed by atoms with Crippen LogP contribution in [0.15, 0.2) is 84.8 Å². The van der Waals surface area contributed by atoms with E-state index in [1.165, 1.54) is 42.6 Å². The van der Waals surface area contributed by atoms with E-state index in [4.69, 9.17) is 11.6 Å². The van der Waals surface area contributed by atoms with Gasteiger partial charge in [-0.1, -0.05) is 54.1 Å². The topological polar surface area (TPSA) is 88.0 Å². The molecule has 0 fully saturated rings. The highest BCUT2D eigenvalue weighted by atomic mass is 35.5. The van der Waals surface area contributed by atoms with Gasteiger partial charge in [0.1, 0.15) is 17.9 Å². The number of nitrogens with one attached hydrogen (secondary N) is 4. The number of aromatic nitrogens is 1. The summed E-state index contributed by atoms with van der Waals surface area (Å²) in [5, 5.41) is 18.0. The molecule has 2 atom stereocenters. The number of anilines is 2. The predicted molar refractivity (Wildman–Crippen MR) is 154 cm³/mol. The zero-order valence-electron chi connectivity index (χ0n) is 22.5. The molecule has 0 bridgehead atoms. The lowest BCUT2D eigenvalue weighted by molar-refractivity contribution is -0.143. The van der Waals surface area contributed by atoms with Crippen molar-refractivity contribution in [1.82, 2.24) is 21.0 Å². The number of pyridine rings is 1. The maximum atomic E-state index is 14.3. The van der Waals surface area contributed by atoms with Crippen LogP contribution in [0.1, 0.15) is 42.6 Å². The molecule has 12 heteroatoms. The Morgan fingerprint density at radius 2 is 1.71 bits per heavy atom. The van der Waals surface area contributed by atoms with Gasteiger partial charge in [-0.05, 0) is 49.2 Å². The second-order valence-electron chi connectivity index (χ2n) is 9.99. The third-order valence-electron chi connectivity index (χ3n) is 6.78. The van der Waals surface area contributed by atoms with E-state index in [0.717, 1.165) is 0 Å². The summed E-state index contributed by atoms with van der Waals surface area (Å²) in [5.74, 6) is -0.398. The number of hydrogen-bond acceptors (Lipinski definition) is 7. The molecule has 0 radical (unpaired) electrons. The Morgan fingerprint density at radius 3 is 2.33 bits per heavy atom. The van der Waals surface area contributed by atoms with E-state index in [-0.39, 0.29) is 38.8 Å². The van der Waals surface area contributed by atoms with Gasteiger partial charge < -0.3 is 16.1 Å². The van der Waals surface area contributed by atoms with Gasteiger partial charge in [-0.3, -0.25) is 9.99 Å². The summed E-state index contributed by atoms with van der Waals surface area (Å²) >= 11 is 6.61. The van der Waals surface area contributed by atoms with Crippen LogP contribution >= 0.6 is 11.6 Å². The van der Waals surface area contributed by atoms with Crippen LogP contribution in [0.3, 0.4) is 0 Å². The maximum absolute atomic E-state index is 14.3. The fourth-order valence-corrected chi connectivity index (χ4v) is 4.93. The minimum absolute atomic E-state index is 0.0166. The van der Waals surface area contributed by atoms with Crippen molar-refractivity contribution in [2.75, 3.05) is 10.6 Å². The molecule has 2 heterocycles. The summed E-state index contributed by atoms with van der Waals surface area (Å²) in [6, 6.07) is 16.0. The van der Waals surface area contributed by atoms with Gasteiger partial charge in [-0.15, -0.1) is 5.53 Å². The fraction of sp³-hybridized carbons (Fsp3) is 0.200. The molecular weight excluding hydrogens is 570 g/mol. The lowest BCUT2D eigenvalue weighted by Gasteiger charge is -2.25. The van der Waals surface area contributed by atoms with Crippen molar-refractivity contribution in [3.63, 3.8) is 0 Å². The summed E-state index contributed by atoms with van der Waals surface area (Å²) in [5.41, 5.74) is 8.11. The molecule has 1 aromatic heterocycles. The number of hydrazine groups is 2. The van der Waals surface area contributed by atoms with E-state index in [0.29, 0.717) is 16.9 Å². The first-order valence-electron chi connectivity index (χ1n) is 13.0. The third kappa shape index (κ3) is 6.05. The van der Waals surface area contributed by atoms with E-state index >= 15 is 0 Å². The van der Waals surface area contributed by atoms with Crippen molar-refractivity contribution < 1.29 is 17.6 Å². The van der Waals surface area contributed by atoms with Gasteiger partial charge in [0.2, 0.25) is 0 Å². The van der Waals surface area contributed by atoms with Crippen LogP contribution in [0.2, 0.25) is 5.02 Å². The fourth-order valence-electron chi connectivity index (χ4n) is 4.66. The van der Waals surface area contributed by atoms with Gasteiger partial charge >= 0.3 is 6.18 Å². The van der Waals surface area contributed by atoms with Crippen LogP contribution < -0.4 is 21.6 Å². The van der Waals surface area contributed by atoms with Crippen LogP contribution in [-0.2, 0) is 0 Å². The first-order chi connectivity index (χ1) is 20.0. The van der Waals surface area contributed by atoms with E-state index in [9.17, 15) is 22.8 Å². The van der Waals surface area contributed by atoms with Crippen LogP contribution in [0.25, 0.3) is 10.9 Å². The largest absolute Gasteiger partial charge is 0.412 e. The van der Waals surface area contributed by atoms with Gasteiger partial charge in [0.15, 0.2) is 0 Å². The monoisotopic (exact) mass is 595 g/mol. The van der Waals surface area contributed by atoms with E-state index < -0.39 is 24.1 Å². The molecule has 216 valence electrons. The number of benzene rings is 3. The minimum Gasteiger partial charge on any atom is -0.373 e. The molecule has 5 rings (SSSR count). The Morgan fingerprint density at radius 1 is 1.00 bits per heavy atom. The van der Waals surface area contributed by atoms with Gasteiger partial charge in [-0.25, -0.2) is 4.39 Å². The van der Waals surface area contributed by atoms with Crippen LogP contribution in [0.4, 0.5) is 28.9 Å². The lowest BCUT2D eigenvalue weighted by Crippen LogP contribution is -2.41. The van der Waals surface area contributed by atoms with Crippen molar-refractivity contribution in [3.05, 3.63) is 112 Å². The third-order valence-corrected chi connectivity index (χ3v) is 7.07. The van der Waals surface area contributed by atoms with Crippen LogP contribution in [0.5, 0.6) is 0 Å². The first kappa shape index (κ1) is 29.0. The lowest BCUT2D eigenvalue weighted by atomic mass is 10.0. The number of rotatable bonds is 8. The highest BCUT2D eigenvalue weighted by Gasteiger charge is 2.41. The molecule has 7 nitrogen and oxygen atoms in total. The van der Waals surface area contributed by atoms with Gasteiger partial charge in [0.05, 0.1) is 33.5 Å². The minimum atomic E-state index is -4.67.